The highest BCUT2D eigenvalue weighted by Crippen LogP contribution is 2.21. The van der Waals surface area contributed by atoms with Crippen LogP contribution in [0.5, 0.6) is 0 Å². The van der Waals surface area contributed by atoms with Gasteiger partial charge in [-0.1, -0.05) is 13.8 Å². The van der Waals surface area contributed by atoms with E-state index < -0.39 is 0 Å². The van der Waals surface area contributed by atoms with Crippen LogP contribution >= 0.6 is 0 Å². The van der Waals surface area contributed by atoms with E-state index >= 15 is 0 Å². The largest absolute Gasteiger partial charge is 0.423 e. The molecule has 90 valence electrons. The molecule has 1 aromatic carbocycles. The van der Waals surface area contributed by atoms with Crippen LogP contribution in [0.2, 0.25) is 0 Å². The van der Waals surface area contributed by atoms with Crippen LogP contribution in [-0.2, 0) is 0 Å². The summed E-state index contributed by atoms with van der Waals surface area (Å²) in [5, 5.41) is 0.908. The molecule has 0 unspecified atom stereocenters. The number of fused-ring (bicyclic) bond motifs is 1. The summed E-state index contributed by atoms with van der Waals surface area (Å²) in [5.41, 5.74) is 6.92. The third kappa shape index (κ3) is 2.93. The summed E-state index contributed by atoms with van der Waals surface area (Å²) in [6, 6.07) is 6.83. The Hall–Kier alpha value is -2.10. The number of benzene rings is 1. The van der Waals surface area contributed by atoms with Crippen LogP contribution in [0.4, 0.5) is 5.69 Å². The first-order chi connectivity index (χ1) is 8.20. The van der Waals surface area contributed by atoms with Gasteiger partial charge in [-0.3, -0.25) is 0 Å². The van der Waals surface area contributed by atoms with E-state index in [0.29, 0.717) is 11.3 Å². The number of nitrogens with two attached hydrogens (primary N) is 1. The average molecular weight is 232 g/mol. The van der Waals surface area contributed by atoms with E-state index in [1.165, 1.54) is 12.4 Å². The van der Waals surface area contributed by atoms with Gasteiger partial charge in [-0.25, -0.2) is 9.79 Å². The monoisotopic (exact) mass is 232 g/mol. The van der Waals surface area contributed by atoms with Crippen LogP contribution in [0.3, 0.4) is 0 Å². The first-order valence-corrected chi connectivity index (χ1v) is 5.49. The van der Waals surface area contributed by atoms with E-state index in [1.54, 1.807) is 6.07 Å². The van der Waals surface area contributed by atoms with E-state index in [0.717, 1.165) is 10.9 Å². The lowest BCUT2D eigenvalue weighted by Crippen LogP contribution is -1.97. The lowest BCUT2D eigenvalue weighted by molar-refractivity contribution is 0.560. The van der Waals surface area contributed by atoms with Gasteiger partial charge in [0.1, 0.15) is 5.58 Å². The van der Waals surface area contributed by atoms with Crippen LogP contribution in [-0.4, -0.2) is 6.34 Å². The van der Waals surface area contributed by atoms with Gasteiger partial charge in [0, 0.05) is 17.5 Å². The molecule has 4 heteroatoms. The third-order valence-electron chi connectivity index (χ3n) is 2.16. The topological polar surface area (TPSA) is 68.6 Å². The van der Waals surface area contributed by atoms with Crippen molar-refractivity contribution < 1.29 is 4.42 Å². The molecular formula is C13H16N2O2. The number of aliphatic imine (C=N–C) groups is 1. The van der Waals surface area contributed by atoms with Gasteiger partial charge in [0.25, 0.3) is 0 Å². The predicted molar refractivity (Wildman–Crippen MR) is 70.9 cm³/mol. The van der Waals surface area contributed by atoms with E-state index in [1.807, 2.05) is 32.9 Å². The number of hydrogen-bond acceptors (Lipinski definition) is 3. The Labute approximate surface area is 99.8 Å². The van der Waals surface area contributed by atoms with Gasteiger partial charge in [0.2, 0.25) is 0 Å². The molecule has 0 saturated carbocycles. The quantitative estimate of drug-likeness (QED) is 0.467. The molecule has 0 spiro atoms. The summed E-state index contributed by atoms with van der Waals surface area (Å²) < 4.78 is 5.06. The maximum absolute atomic E-state index is 11.1. The van der Waals surface area contributed by atoms with Crippen molar-refractivity contribution in [2.75, 3.05) is 0 Å². The van der Waals surface area contributed by atoms with Crippen LogP contribution in [0, 0.1) is 6.92 Å². The van der Waals surface area contributed by atoms with Gasteiger partial charge in [0.15, 0.2) is 0 Å². The summed E-state index contributed by atoms with van der Waals surface area (Å²) in [7, 11) is 0. The Morgan fingerprint density at radius 2 is 2.00 bits per heavy atom. The van der Waals surface area contributed by atoms with Gasteiger partial charge >= 0.3 is 5.63 Å². The number of rotatable bonds is 1. The molecule has 0 bridgehead atoms. The molecule has 0 atom stereocenters. The van der Waals surface area contributed by atoms with Crippen molar-refractivity contribution in [3.63, 3.8) is 0 Å². The molecule has 2 N–H and O–H groups in total. The van der Waals surface area contributed by atoms with Gasteiger partial charge in [-0.2, -0.15) is 0 Å². The average Bonchev–Trinajstić information content (AvgIpc) is 2.31. The van der Waals surface area contributed by atoms with Crippen molar-refractivity contribution in [2.24, 2.45) is 10.7 Å². The molecule has 1 aromatic heterocycles. The normalized spacial score (nSPS) is 10.3. The lowest BCUT2D eigenvalue weighted by Gasteiger charge is -2.00. The van der Waals surface area contributed by atoms with Crippen LogP contribution in [0.1, 0.15) is 19.4 Å². The van der Waals surface area contributed by atoms with Gasteiger partial charge in [-0.05, 0) is 24.6 Å². The van der Waals surface area contributed by atoms with Crippen molar-refractivity contribution in [1.82, 2.24) is 0 Å². The Kier molecular flexibility index (Phi) is 4.46. The van der Waals surface area contributed by atoms with E-state index in [2.05, 4.69) is 4.99 Å². The molecule has 2 aromatic rings. The second-order valence-corrected chi connectivity index (χ2v) is 3.21. The molecule has 0 aliphatic heterocycles. The van der Waals surface area contributed by atoms with Gasteiger partial charge in [0.05, 0.1) is 12.0 Å². The minimum atomic E-state index is -0.353. The molecule has 1 heterocycles. The fourth-order valence-corrected chi connectivity index (χ4v) is 1.48. The summed E-state index contributed by atoms with van der Waals surface area (Å²) in [6.45, 7) is 5.87. The Bertz CT molecular complexity index is 585. The van der Waals surface area contributed by atoms with E-state index in [9.17, 15) is 4.79 Å². The minimum Gasteiger partial charge on any atom is -0.423 e. The predicted octanol–water partition coefficient (Wildman–Crippen LogP) is 2.75. The molecule has 17 heavy (non-hydrogen) atoms. The molecule has 0 aliphatic carbocycles. The molecule has 0 fully saturated rings. The maximum Gasteiger partial charge on any atom is 0.336 e. The van der Waals surface area contributed by atoms with Gasteiger partial charge in [-0.15, -0.1) is 0 Å². The van der Waals surface area contributed by atoms with Gasteiger partial charge < -0.3 is 10.2 Å². The fourth-order valence-electron chi connectivity index (χ4n) is 1.48. The SMILES string of the molecule is CC.Cc1cc(=O)oc2cc(N=CN)ccc12. The van der Waals surface area contributed by atoms with E-state index in [4.69, 9.17) is 10.2 Å². The number of hydrogen-bond donors (Lipinski definition) is 1. The van der Waals surface area contributed by atoms with E-state index in [-0.39, 0.29) is 5.63 Å². The van der Waals surface area contributed by atoms with Crippen LogP contribution < -0.4 is 11.4 Å². The Morgan fingerprint density at radius 1 is 1.29 bits per heavy atom. The first-order valence-electron chi connectivity index (χ1n) is 5.49. The Balaban J connectivity index is 0.000000686. The number of aryl methyl sites for hydroxylation is 1. The molecule has 2 rings (SSSR count). The highest BCUT2D eigenvalue weighted by Gasteiger charge is 2.02. The summed E-state index contributed by atoms with van der Waals surface area (Å²) in [5.74, 6) is 0. The lowest BCUT2D eigenvalue weighted by atomic mass is 10.1. The van der Waals surface area contributed by atoms with Crippen molar-refractivity contribution in [1.29, 1.82) is 0 Å². The molecule has 0 aliphatic rings. The molecule has 4 nitrogen and oxygen atoms in total. The first kappa shape index (κ1) is 13.0. The van der Waals surface area contributed by atoms with Crippen LogP contribution in [0.15, 0.2) is 38.5 Å². The second kappa shape index (κ2) is 5.84. The molecule has 0 amide bonds. The molecule has 0 radical (unpaired) electrons. The van der Waals surface area contributed by atoms with Crippen molar-refractivity contribution in [3.05, 3.63) is 40.2 Å². The molecular weight excluding hydrogens is 216 g/mol. The van der Waals surface area contributed by atoms with Crippen molar-refractivity contribution in [3.8, 4) is 0 Å². The highest BCUT2D eigenvalue weighted by atomic mass is 16.4. The number of nitrogens with zero attached hydrogens (tertiary/aromatic N) is 1. The Morgan fingerprint density at radius 3 is 2.65 bits per heavy atom. The maximum atomic E-state index is 11.1. The highest BCUT2D eigenvalue weighted by molar-refractivity contribution is 5.83. The standard InChI is InChI=1S/C11H10N2O2.C2H6/c1-7-4-11(14)15-10-5-8(13-6-12)2-3-9(7)10;1-2/h2-6H,1H3,(H2,12,13);1-2H3. The molecule has 0 saturated heterocycles. The zero-order valence-electron chi connectivity index (χ0n) is 10.2. The van der Waals surface area contributed by atoms with Crippen LogP contribution in [0.25, 0.3) is 11.0 Å². The zero-order chi connectivity index (χ0) is 12.8. The summed E-state index contributed by atoms with van der Waals surface area (Å²) in [4.78, 5) is 15.1. The van der Waals surface area contributed by atoms with Crippen molar-refractivity contribution in [2.45, 2.75) is 20.8 Å². The van der Waals surface area contributed by atoms with Crippen molar-refractivity contribution >= 4 is 23.0 Å². The fraction of sp³-hybridized carbons (Fsp3) is 0.231. The zero-order valence-corrected chi connectivity index (χ0v) is 10.2. The third-order valence-corrected chi connectivity index (χ3v) is 2.16. The summed E-state index contributed by atoms with van der Waals surface area (Å²) >= 11 is 0. The smallest absolute Gasteiger partial charge is 0.336 e. The minimum absolute atomic E-state index is 0.353. The summed E-state index contributed by atoms with van der Waals surface area (Å²) in [6.07, 6.45) is 1.20. The second-order valence-electron chi connectivity index (χ2n) is 3.21.